The van der Waals surface area contributed by atoms with Gasteiger partial charge in [-0.1, -0.05) is 12.1 Å². The summed E-state index contributed by atoms with van der Waals surface area (Å²) in [6.45, 7) is 0. The number of ether oxygens (including phenoxy) is 2. The molecule has 0 unspecified atom stereocenters. The highest BCUT2D eigenvalue weighted by Gasteiger charge is 2.42. The van der Waals surface area contributed by atoms with E-state index in [1.54, 1.807) is 10.9 Å². The molecule has 0 spiro atoms. The van der Waals surface area contributed by atoms with Crippen LogP contribution in [0.15, 0.2) is 72.8 Å². The van der Waals surface area contributed by atoms with Crippen molar-refractivity contribution in [2.45, 2.75) is 24.6 Å². The van der Waals surface area contributed by atoms with Gasteiger partial charge in [-0.05, 0) is 48.5 Å². The number of alkyl halides is 6. The number of nitro groups is 1. The number of nitrogens with one attached hydrogen (secondary N) is 2. The van der Waals surface area contributed by atoms with E-state index in [4.69, 9.17) is 9.47 Å². The van der Waals surface area contributed by atoms with Crippen molar-refractivity contribution in [3.8, 4) is 0 Å². The van der Waals surface area contributed by atoms with Gasteiger partial charge in [0, 0.05) is 17.7 Å². The summed E-state index contributed by atoms with van der Waals surface area (Å²) in [6, 6.07) is 8.64. The Morgan fingerprint density at radius 3 is 1.57 bits per heavy atom. The third-order valence-corrected chi connectivity index (χ3v) is 5.74. The second kappa shape index (κ2) is 13.7. The Bertz CT molecular complexity index is 1680. The van der Waals surface area contributed by atoms with Crippen molar-refractivity contribution in [2.75, 3.05) is 0 Å². The molecule has 3 aromatic carbocycles. The molecule has 0 radical (unpaired) electrons. The molecule has 13 nitrogen and oxygen atoms in total. The quantitative estimate of drug-likeness (QED) is 0.132. The number of aliphatic carboxylic acids is 1. The molecule has 0 saturated carbocycles. The summed E-state index contributed by atoms with van der Waals surface area (Å²) in [7, 11) is 0. The van der Waals surface area contributed by atoms with E-state index >= 15 is 0 Å². The van der Waals surface area contributed by atoms with Crippen LogP contribution in [0.5, 0.6) is 0 Å². The summed E-state index contributed by atoms with van der Waals surface area (Å²) in [5, 5.41) is 20.5. The number of carbonyl (C=O) groups is 5. The van der Waals surface area contributed by atoms with E-state index < -0.39 is 87.1 Å². The number of carboxylic acid groups (broad SMARTS) is 1. The van der Waals surface area contributed by atoms with Crippen molar-refractivity contribution in [3.63, 3.8) is 0 Å². The van der Waals surface area contributed by atoms with E-state index in [0.717, 1.165) is 48.5 Å². The first kappa shape index (κ1) is 34.5. The van der Waals surface area contributed by atoms with Crippen LogP contribution < -0.4 is 10.9 Å². The molecule has 0 saturated heterocycles. The Labute approximate surface area is 251 Å². The molecule has 46 heavy (non-hydrogen) atoms. The zero-order chi connectivity index (χ0) is 34.4. The summed E-state index contributed by atoms with van der Waals surface area (Å²) >= 11 is 0. The average Bonchev–Trinajstić information content (AvgIpc) is 3.00. The summed E-state index contributed by atoms with van der Waals surface area (Å²) in [4.78, 5) is 72.9. The molecule has 0 aromatic heterocycles. The molecule has 2 amide bonds. The van der Waals surface area contributed by atoms with Crippen LogP contribution in [-0.2, 0) is 31.4 Å². The lowest BCUT2D eigenvalue weighted by molar-refractivity contribution is -0.384. The Hall–Kier alpha value is -6.01. The van der Waals surface area contributed by atoms with Crippen LogP contribution in [0.25, 0.3) is 0 Å². The highest BCUT2D eigenvalue weighted by Crippen LogP contribution is 2.31. The number of nitrogens with zero attached hydrogens (tertiary/aromatic N) is 1. The van der Waals surface area contributed by atoms with E-state index in [2.05, 4.69) is 0 Å². The minimum atomic E-state index is -4.95. The third-order valence-electron chi connectivity index (χ3n) is 5.74. The smallest absolute Gasteiger partial charge is 0.416 e. The molecule has 3 aromatic rings. The summed E-state index contributed by atoms with van der Waals surface area (Å²) < 4.78 is 88.2. The number of rotatable bonds is 9. The van der Waals surface area contributed by atoms with E-state index in [0.29, 0.717) is 12.1 Å². The van der Waals surface area contributed by atoms with E-state index in [-0.39, 0.29) is 17.7 Å². The molecule has 0 aliphatic carbocycles. The van der Waals surface area contributed by atoms with Gasteiger partial charge in [-0.3, -0.25) is 30.6 Å². The normalized spacial score (nSPS) is 12.7. The molecule has 242 valence electrons. The van der Waals surface area contributed by atoms with E-state index in [1.807, 2.05) is 0 Å². The Morgan fingerprint density at radius 2 is 1.15 bits per heavy atom. The number of hydrogen-bond acceptors (Lipinski definition) is 9. The molecular formula is C27H17F6N3O10. The van der Waals surface area contributed by atoms with Crippen LogP contribution in [0.1, 0.15) is 42.2 Å². The van der Waals surface area contributed by atoms with Gasteiger partial charge in [0.25, 0.3) is 17.5 Å². The maximum absolute atomic E-state index is 13.1. The first-order valence-electron chi connectivity index (χ1n) is 12.2. The number of halogens is 6. The number of esters is 2. The number of non-ortho nitro benzene ring substituents is 1. The predicted octanol–water partition coefficient (Wildman–Crippen LogP) is 3.93. The number of hydrazine groups is 1. The highest BCUT2D eigenvalue weighted by molar-refractivity contribution is 5.99. The van der Waals surface area contributed by atoms with Crippen molar-refractivity contribution in [3.05, 3.63) is 111 Å². The maximum atomic E-state index is 13.1. The fourth-order valence-electron chi connectivity index (χ4n) is 3.50. The van der Waals surface area contributed by atoms with Crippen molar-refractivity contribution in [1.29, 1.82) is 0 Å². The first-order valence-corrected chi connectivity index (χ1v) is 12.2. The van der Waals surface area contributed by atoms with Gasteiger partial charge < -0.3 is 14.6 Å². The molecule has 0 aliphatic rings. The van der Waals surface area contributed by atoms with Gasteiger partial charge in [-0.2, -0.15) is 26.3 Å². The van der Waals surface area contributed by atoms with Gasteiger partial charge in [0.1, 0.15) is 0 Å². The molecule has 0 aliphatic heterocycles. The van der Waals surface area contributed by atoms with Crippen molar-refractivity contribution < 1.29 is 69.8 Å². The van der Waals surface area contributed by atoms with Gasteiger partial charge in [0.2, 0.25) is 12.2 Å². The van der Waals surface area contributed by atoms with Crippen LogP contribution in [0.4, 0.5) is 32.0 Å². The largest absolute Gasteiger partial charge is 0.478 e. The molecule has 3 rings (SSSR count). The van der Waals surface area contributed by atoms with E-state index in [9.17, 15) is 65.5 Å². The average molecular weight is 657 g/mol. The maximum Gasteiger partial charge on any atom is 0.416 e. The van der Waals surface area contributed by atoms with Gasteiger partial charge in [-0.25, -0.2) is 14.4 Å². The fraction of sp³-hybridized carbons (Fsp3) is 0.148. The van der Waals surface area contributed by atoms with Gasteiger partial charge >= 0.3 is 30.3 Å². The van der Waals surface area contributed by atoms with Crippen LogP contribution >= 0.6 is 0 Å². The van der Waals surface area contributed by atoms with Gasteiger partial charge in [0.15, 0.2) is 0 Å². The Morgan fingerprint density at radius 1 is 0.696 bits per heavy atom. The van der Waals surface area contributed by atoms with Crippen molar-refractivity contribution in [2.24, 2.45) is 0 Å². The highest BCUT2D eigenvalue weighted by atomic mass is 19.4. The second-order valence-electron chi connectivity index (χ2n) is 8.89. The van der Waals surface area contributed by atoms with E-state index in [1.165, 1.54) is 0 Å². The number of hydrogen-bond donors (Lipinski definition) is 3. The van der Waals surface area contributed by atoms with Gasteiger partial charge in [0.05, 0.1) is 27.2 Å². The molecule has 0 bridgehead atoms. The summed E-state index contributed by atoms with van der Waals surface area (Å²) in [5.74, 6) is -8.59. The third kappa shape index (κ3) is 8.77. The van der Waals surface area contributed by atoms with Crippen molar-refractivity contribution in [1.82, 2.24) is 10.9 Å². The predicted molar refractivity (Wildman–Crippen MR) is 138 cm³/mol. The van der Waals surface area contributed by atoms with Crippen LogP contribution in [0.3, 0.4) is 0 Å². The minimum absolute atomic E-state index is 0.283. The Balaban J connectivity index is 1.92. The molecule has 3 N–H and O–H groups in total. The number of amides is 2. The lowest BCUT2D eigenvalue weighted by Gasteiger charge is -2.24. The molecular weight excluding hydrogens is 640 g/mol. The van der Waals surface area contributed by atoms with Crippen LogP contribution in [0, 0.1) is 10.1 Å². The van der Waals surface area contributed by atoms with Crippen LogP contribution in [-0.4, -0.2) is 52.0 Å². The van der Waals surface area contributed by atoms with Crippen LogP contribution in [0.2, 0.25) is 0 Å². The molecule has 0 fully saturated rings. The fourth-order valence-corrected chi connectivity index (χ4v) is 3.50. The summed E-state index contributed by atoms with van der Waals surface area (Å²) in [6.07, 6.45) is -15.5. The number of carbonyl (C=O) groups excluding carboxylic acids is 4. The molecule has 0 heterocycles. The number of carboxylic acids is 1. The summed E-state index contributed by atoms with van der Waals surface area (Å²) in [5.41, 5.74) is -1.66. The Kier molecular flexibility index (Phi) is 10.3. The monoisotopic (exact) mass is 657 g/mol. The van der Waals surface area contributed by atoms with Crippen molar-refractivity contribution >= 4 is 35.4 Å². The number of nitro benzene ring substituents is 1. The first-order chi connectivity index (χ1) is 21.4. The zero-order valence-corrected chi connectivity index (χ0v) is 22.4. The minimum Gasteiger partial charge on any atom is -0.478 e. The standard InChI is InChI=1S/C27H17F6N3O10/c28-26(29,30)16-5-1-3-14(11-16)24(41)45-19(22(38)35-34-21(37)13-7-9-18(10-8-13)36(43)44)20(23(39)40)46-25(42)15-4-2-6-17(12-15)27(31,32)33/h1-12,19-20H,(H,34,37)(H,35,38)(H,39,40)/t19-,20-/m0/s1. The second-order valence-corrected chi connectivity index (χ2v) is 8.89. The lowest BCUT2D eigenvalue weighted by atomic mass is 10.1. The molecule has 19 heteroatoms. The molecule has 2 atom stereocenters. The lowest BCUT2D eigenvalue weighted by Crippen LogP contribution is -2.54. The number of benzene rings is 3. The topological polar surface area (TPSA) is 191 Å². The zero-order valence-electron chi connectivity index (χ0n) is 22.4. The SMILES string of the molecule is O=C(NNC(=O)[C@@H](OC(=O)c1cccc(C(F)(F)F)c1)[C@H](OC(=O)c1cccc(C(F)(F)F)c1)C(=O)O)c1ccc([N+](=O)[O-])cc1. The van der Waals surface area contributed by atoms with Gasteiger partial charge in [-0.15, -0.1) is 0 Å².